The maximum atomic E-state index is 12.4. The van der Waals surface area contributed by atoms with Crippen LogP contribution in [0.2, 0.25) is 0 Å². The summed E-state index contributed by atoms with van der Waals surface area (Å²) in [5.41, 5.74) is 0. The lowest BCUT2D eigenvalue weighted by molar-refractivity contribution is 0.313. The minimum absolute atomic E-state index is 0.0825. The molecule has 0 aromatic heterocycles. The van der Waals surface area contributed by atoms with Crippen molar-refractivity contribution in [3.05, 3.63) is 30.3 Å². The summed E-state index contributed by atoms with van der Waals surface area (Å²) in [6.45, 7) is 5.48. The highest BCUT2D eigenvalue weighted by Crippen LogP contribution is 2.13. The summed E-state index contributed by atoms with van der Waals surface area (Å²) in [5, 5.41) is 6.25. The molecule has 7 nitrogen and oxygen atoms in total. The molecule has 0 atom stereocenters. The van der Waals surface area contributed by atoms with Crippen molar-refractivity contribution in [1.29, 1.82) is 0 Å². The number of nitrogens with zero attached hydrogens (tertiary/aromatic N) is 2. The number of hydrogen-bond donors (Lipinski definition) is 2. The molecule has 1 fully saturated rings. The van der Waals surface area contributed by atoms with Crippen molar-refractivity contribution in [3.8, 4) is 5.75 Å². The standard InChI is InChI=1S/C18H30N4O3S2/c1-2-19-18(20-9-6-13-25-17-7-4-3-5-8-17)21-10-16-27(23,24)22-11-14-26-15-12-22/h3-5,7-8H,2,6,9-16H2,1H3,(H2,19,20,21). The Hall–Kier alpha value is -1.45. The number of benzene rings is 1. The molecule has 1 aliphatic heterocycles. The molecule has 27 heavy (non-hydrogen) atoms. The van der Waals surface area contributed by atoms with E-state index in [4.69, 9.17) is 4.74 Å². The number of hydrogen-bond acceptors (Lipinski definition) is 5. The summed E-state index contributed by atoms with van der Waals surface area (Å²) in [7, 11) is -3.20. The molecule has 1 aromatic rings. The molecule has 0 radical (unpaired) electrons. The number of para-hydroxylation sites is 1. The second-order valence-corrected chi connectivity index (χ2v) is 9.34. The zero-order chi connectivity index (χ0) is 19.4. The maximum Gasteiger partial charge on any atom is 0.215 e. The largest absolute Gasteiger partial charge is 0.494 e. The predicted molar refractivity (Wildman–Crippen MR) is 113 cm³/mol. The smallest absolute Gasteiger partial charge is 0.215 e. The van der Waals surface area contributed by atoms with Crippen LogP contribution in [0.3, 0.4) is 0 Å². The van der Waals surface area contributed by atoms with E-state index >= 15 is 0 Å². The number of guanidine groups is 1. The van der Waals surface area contributed by atoms with Gasteiger partial charge in [0.05, 0.1) is 12.4 Å². The Labute approximate surface area is 167 Å². The zero-order valence-electron chi connectivity index (χ0n) is 15.9. The third kappa shape index (κ3) is 8.40. The molecule has 9 heteroatoms. The molecular formula is C18H30N4O3S2. The van der Waals surface area contributed by atoms with E-state index in [1.807, 2.05) is 37.3 Å². The van der Waals surface area contributed by atoms with E-state index in [9.17, 15) is 8.42 Å². The zero-order valence-corrected chi connectivity index (χ0v) is 17.5. The van der Waals surface area contributed by atoms with Crippen LogP contribution in [0.4, 0.5) is 0 Å². The topological polar surface area (TPSA) is 83.0 Å². The Bertz CT molecular complexity index is 662. The summed E-state index contributed by atoms with van der Waals surface area (Å²) in [6.07, 6.45) is 0.787. The number of aliphatic imine (C=N–C) groups is 1. The van der Waals surface area contributed by atoms with Crippen LogP contribution < -0.4 is 15.4 Å². The van der Waals surface area contributed by atoms with Crippen molar-refractivity contribution in [2.75, 3.05) is 56.6 Å². The van der Waals surface area contributed by atoms with Crippen molar-refractivity contribution in [1.82, 2.24) is 14.9 Å². The van der Waals surface area contributed by atoms with Crippen LogP contribution >= 0.6 is 11.8 Å². The fraction of sp³-hybridized carbons (Fsp3) is 0.611. The summed E-state index contributed by atoms with van der Waals surface area (Å²) in [4.78, 5) is 4.48. The molecule has 0 saturated carbocycles. The highest BCUT2D eigenvalue weighted by molar-refractivity contribution is 7.99. The lowest BCUT2D eigenvalue weighted by Gasteiger charge is -2.25. The summed E-state index contributed by atoms with van der Waals surface area (Å²) >= 11 is 1.80. The average molecular weight is 415 g/mol. The average Bonchev–Trinajstić information content (AvgIpc) is 2.69. The van der Waals surface area contributed by atoms with Crippen LogP contribution in [0.15, 0.2) is 35.3 Å². The molecule has 2 N–H and O–H groups in total. The first kappa shape index (κ1) is 21.8. The number of ether oxygens (including phenoxy) is 1. The fourth-order valence-corrected chi connectivity index (χ4v) is 5.05. The van der Waals surface area contributed by atoms with Gasteiger partial charge in [-0.25, -0.2) is 12.7 Å². The van der Waals surface area contributed by atoms with E-state index in [0.29, 0.717) is 38.7 Å². The van der Waals surface area contributed by atoms with Gasteiger partial charge < -0.3 is 15.4 Å². The van der Waals surface area contributed by atoms with Crippen LogP contribution in [0.25, 0.3) is 0 Å². The second kappa shape index (κ2) is 12.1. The van der Waals surface area contributed by atoms with Crippen LogP contribution in [-0.4, -0.2) is 75.3 Å². The summed E-state index contributed by atoms with van der Waals surface area (Å²) in [5.74, 6) is 3.33. The molecular weight excluding hydrogens is 384 g/mol. The third-order valence-corrected chi connectivity index (χ3v) is 6.76. The Morgan fingerprint density at radius 2 is 1.96 bits per heavy atom. The third-order valence-electron chi connectivity index (χ3n) is 3.94. The first-order valence-electron chi connectivity index (χ1n) is 9.37. The van der Waals surface area contributed by atoms with Gasteiger partial charge >= 0.3 is 0 Å². The van der Waals surface area contributed by atoms with Crippen LogP contribution in [0.1, 0.15) is 13.3 Å². The quantitative estimate of drug-likeness (QED) is 0.342. The van der Waals surface area contributed by atoms with Gasteiger partial charge in [-0.2, -0.15) is 11.8 Å². The molecule has 2 rings (SSSR count). The SMILES string of the molecule is CCNC(=NCCCOc1ccccc1)NCCS(=O)(=O)N1CCSCC1. The number of thioether (sulfide) groups is 1. The molecule has 0 spiro atoms. The predicted octanol–water partition coefficient (Wildman–Crippen LogP) is 1.39. The summed E-state index contributed by atoms with van der Waals surface area (Å²) in [6, 6.07) is 9.69. The number of nitrogens with one attached hydrogen (secondary N) is 2. The van der Waals surface area contributed by atoms with Crippen molar-refractivity contribution >= 4 is 27.7 Å². The molecule has 152 valence electrons. The highest BCUT2D eigenvalue weighted by Gasteiger charge is 2.23. The normalized spacial score (nSPS) is 16.1. The van der Waals surface area contributed by atoms with Gasteiger partial charge in [0.1, 0.15) is 5.75 Å². The van der Waals surface area contributed by atoms with Gasteiger partial charge in [0.25, 0.3) is 0 Å². The van der Waals surface area contributed by atoms with E-state index in [1.165, 1.54) is 0 Å². The van der Waals surface area contributed by atoms with Crippen LogP contribution in [0.5, 0.6) is 5.75 Å². The Kier molecular flexibility index (Phi) is 9.79. The van der Waals surface area contributed by atoms with Gasteiger partial charge in [0, 0.05) is 50.7 Å². The van der Waals surface area contributed by atoms with Crippen LogP contribution in [-0.2, 0) is 10.0 Å². The van der Waals surface area contributed by atoms with E-state index in [2.05, 4.69) is 15.6 Å². The van der Waals surface area contributed by atoms with Gasteiger partial charge in [0.2, 0.25) is 10.0 Å². The molecule has 1 aliphatic rings. The molecule has 0 amide bonds. The van der Waals surface area contributed by atoms with E-state index in [1.54, 1.807) is 16.1 Å². The number of sulfonamides is 1. The molecule has 1 aromatic carbocycles. The first-order valence-corrected chi connectivity index (χ1v) is 12.1. The van der Waals surface area contributed by atoms with Gasteiger partial charge in [0.15, 0.2) is 5.96 Å². The van der Waals surface area contributed by atoms with Crippen molar-refractivity contribution in [3.63, 3.8) is 0 Å². The van der Waals surface area contributed by atoms with E-state index in [0.717, 1.165) is 30.2 Å². The molecule has 1 heterocycles. The summed E-state index contributed by atoms with van der Waals surface area (Å²) < 4.78 is 32.0. The van der Waals surface area contributed by atoms with Crippen molar-refractivity contribution in [2.45, 2.75) is 13.3 Å². The molecule has 0 bridgehead atoms. The lowest BCUT2D eigenvalue weighted by Crippen LogP contribution is -2.44. The maximum absolute atomic E-state index is 12.4. The van der Waals surface area contributed by atoms with Crippen molar-refractivity contribution < 1.29 is 13.2 Å². The van der Waals surface area contributed by atoms with E-state index in [-0.39, 0.29) is 5.75 Å². The molecule has 1 saturated heterocycles. The van der Waals surface area contributed by atoms with E-state index < -0.39 is 10.0 Å². The lowest BCUT2D eigenvalue weighted by atomic mass is 10.3. The molecule has 0 aliphatic carbocycles. The Morgan fingerprint density at radius 1 is 1.22 bits per heavy atom. The fourth-order valence-electron chi connectivity index (χ4n) is 2.56. The minimum Gasteiger partial charge on any atom is -0.494 e. The van der Waals surface area contributed by atoms with Crippen LogP contribution in [0, 0.1) is 0 Å². The Balaban J connectivity index is 1.69. The van der Waals surface area contributed by atoms with Crippen molar-refractivity contribution in [2.24, 2.45) is 4.99 Å². The van der Waals surface area contributed by atoms with Gasteiger partial charge in [-0.05, 0) is 19.1 Å². The first-order chi connectivity index (χ1) is 13.1. The van der Waals surface area contributed by atoms with Gasteiger partial charge in [-0.1, -0.05) is 18.2 Å². The van der Waals surface area contributed by atoms with Gasteiger partial charge in [-0.3, -0.25) is 4.99 Å². The highest BCUT2D eigenvalue weighted by atomic mass is 32.2. The minimum atomic E-state index is -3.20. The molecule has 0 unspecified atom stereocenters. The second-order valence-electron chi connectivity index (χ2n) is 6.03. The number of rotatable bonds is 10. The monoisotopic (exact) mass is 414 g/mol. The Morgan fingerprint density at radius 3 is 2.67 bits per heavy atom. The van der Waals surface area contributed by atoms with Gasteiger partial charge in [-0.15, -0.1) is 0 Å².